The van der Waals surface area contributed by atoms with Crippen molar-refractivity contribution in [2.75, 3.05) is 7.11 Å². The Labute approximate surface area is 112 Å². The van der Waals surface area contributed by atoms with Gasteiger partial charge < -0.3 is 9.53 Å². The van der Waals surface area contributed by atoms with E-state index in [1.807, 2.05) is 0 Å². The van der Waals surface area contributed by atoms with Gasteiger partial charge in [0.2, 0.25) is 0 Å². The van der Waals surface area contributed by atoms with Crippen LogP contribution < -0.4 is 0 Å². The van der Waals surface area contributed by atoms with Gasteiger partial charge >= 0.3 is 56.5 Å². The third-order valence-electron chi connectivity index (χ3n) is 0.337. The molecule has 0 unspecified atom stereocenters. The smallest absolute Gasteiger partial charge is 0.167 e. The van der Waals surface area contributed by atoms with Crippen molar-refractivity contribution in [3.63, 3.8) is 0 Å². The second-order valence-corrected chi connectivity index (χ2v) is 0.690. The largest absolute Gasteiger partial charge is 0.550 e. The number of hydrogen-bond acceptors (Lipinski definition) is 2. The molecule has 8 heteroatoms. The van der Waals surface area contributed by atoms with Gasteiger partial charge in [0, 0.05) is 20.4 Å². The van der Waals surface area contributed by atoms with E-state index in [0.29, 0.717) is 0 Å². The number of carbonyl (C=O) groups is 1. The molecule has 0 spiro atoms. The molecule has 91 valence electrons. The van der Waals surface area contributed by atoms with Gasteiger partial charge in [-0.05, 0) is 0 Å². The fourth-order valence-corrected chi connectivity index (χ4v) is 0.0680. The van der Waals surface area contributed by atoms with Crippen LogP contribution in [0.3, 0.4) is 0 Å². The summed E-state index contributed by atoms with van der Waals surface area (Å²) in [6, 6.07) is 0. The zero-order chi connectivity index (χ0) is 15.0. The molecule has 0 fully saturated rings. The second-order valence-electron chi connectivity index (χ2n) is 0.690. The summed E-state index contributed by atoms with van der Waals surface area (Å²) in [6.07, 6.45) is 0.861. The van der Waals surface area contributed by atoms with Crippen LogP contribution in [0.5, 0.6) is 0 Å². The molecule has 0 saturated heterocycles. The second kappa shape index (κ2) is 210. The molecular weight excluding hydrogens is 406 g/mol. The Balaban J connectivity index is -0.0000000158. The zero-order valence-corrected chi connectivity index (χ0v) is 11.1. The minimum atomic E-state index is -0.505. The minimum absolute atomic E-state index is 0. The van der Waals surface area contributed by atoms with E-state index in [2.05, 4.69) is 44.6 Å². The molecule has 0 aromatic heterocycles. The molecule has 17 heavy (non-hydrogen) atoms. The predicted octanol–water partition coefficient (Wildman–Crippen LogP) is -0.0415. The van der Waals surface area contributed by atoms with Gasteiger partial charge in [0.15, 0.2) is 5.97 Å². The molecule has 0 bridgehead atoms. The van der Waals surface area contributed by atoms with Crippen molar-refractivity contribution in [2.45, 2.75) is 0 Å². The molecule has 0 aliphatic heterocycles. The van der Waals surface area contributed by atoms with Crippen LogP contribution in [0.1, 0.15) is 0 Å². The molecule has 7 nitrogen and oxygen atoms in total. The van der Waals surface area contributed by atoms with Gasteiger partial charge in [-0.1, -0.05) is 0 Å². The van der Waals surface area contributed by atoms with Crippen molar-refractivity contribution in [2.24, 2.45) is 0 Å². The predicted molar refractivity (Wildman–Crippen MR) is 40.5 cm³/mol. The average Bonchev–Trinajstić information content (AvgIpc) is 2.48. The third kappa shape index (κ3) is 348. The number of esters is 1. The number of rotatable bonds is 1. The van der Waals surface area contributed by atoms with Crippen molar-refractivity contribution >= 4 is 5.97 Å². The molecule has 0 aliphatic carbocycles. The summed E-state index contributed by atoms with van der Waals surface area (Å²) >= 11 is 0. The monoisotopic (exact) mass is 412 g/mol. The molecule has 0 aromatic rings. The first kappa shape index (κ1) is 45.0. The third-order valence-corrected chi connectivity index (χ3v) is 0.337. The normalized spacial score (nSPS) is 3.00. The summed E-state index contributed by atoms with van der Waals surface area (Å²) < 4.78 is 41.6. The Bertz CT molecular complexity index is 189. The van der Waals surface area contributed by atoms with E-state index in [1.165, 1.54) is 7.11 Å². The van der Waals surface area contributed by atoms with Crippen LogP contribution in [0.2, 0.25) is 0 Å². The van der Waals surface area contributed by atoms with Crippen LogP contribution >= 0.6 is 0 Å². The van der Waals surface area contributed by atoms with Crippen molar-refractivity contribution < 1.29 is 53.2 Å². The Hall–Kier alpha value is -1.43. The van der Waals surface area contributed by atoms with E-state index in [0.717, 1.165) is 6.08 Å². The van der Waals surface area contributed by atoms with Crippen LogP contribution in [-0.2, 0) is 53.2 Å². The first-order valence-electron chi connectivity index (χ1n) is 2.46. The first-order valence-corrected chi connectivity index (χ1v) is 2.46. The quantitative estimate of drug-likeness (QED) is 0.260. The molecule has 0 atom stereocenters. The minimum Gasteiger partial charge on any atom is -0.550 e. The molecule has 0 heterocycles. The Morgan fingerprint density at radius 1 is 0.941 bits per heavy atom. The average molecular weight is 411 g/mol. The SMILES string of the molecule is [C-]#[O+].[C-]#[O+].[C-]#[O+].[C-]#[O+].[C-]#[O+].[CH-]=CC(=O)OC.[Re]. The fourth-order valence-electron chi connectivity index (χ4n) is 0.0680. The van der Waals surface area contributed by atoms with Gasteiger partial charge in [-0.2, -0.15) is 6.08 Å². The van der Waals surface area contributed by atoms with Crippen LogP contribution in [0, 0.1) is 39.8 Å². The summed E-state index contributed by atoms with van der Waals surface area (Å²) in [5.74, 6) is -0.505. The standard InChI is InChI=1S/C4H5O2.5CO.Re/c1-3-4(5)6-2;5*1-2;/h1,3H,2H3;;;;;;/q-1;;;;;;. The van der Waals surface area contributed by atoms with Gasteiger partial charge in [-0.15, -0.1) is 0 Å². The van der Waals surface area contributed by atoms with Gasteiger partial charge in [0.05, 0.1) is 7.11 Å². The summed E-state index contributed by atoms with van der Waals surface area (Å²) in [6.45, 7) is 27.2. The summed E-state index contributed by atoms with van der Waals surface area (Å²) in [7, 11) is 1.27. The molecule has 0 aliphatic rings. The summed E-state index contributed by atoms with van der Waals surface area (Å²) in [5, 5.41) is 0. The van der Waals surface area contributed by atoms with Gasteiger partial charge in [-0.3, -0.25) is 6.58 Å². The maximum Gasteiger partial charge on any atom is 0.167 e. The van der Waals surface area contributed by atoms with Crippen LogP contribution in [0.4, 0.5) is 0 Å². The maximum atomic E-state index is 9.78. The molecule has 0 N–H and O–H groups in total. The fraction of sp³-hybridized carbons (Fsp3) is 0.111. The van der Waals surface area contributed by atoms with Gasteiger partial charge in [0.25, 0.3) is 0 Å². The molecule has 0 aromatic carbocycles. The van der Waals surface area contributed by atoms with Crippen molar-refractivity contribution in [1.29, 1.82) is 0 Å². The van der Waals surface area contributed by atoms with E-state index >= 15 is 0 Å². The number of hydrogen-bond donors (Lipinski definition) is 0. The Morgan fingerprint density at radius 2 is 1.12 bits per heavy atom. The molecular formula is C9H5O7Re-. The Morgan fingerprint density at radius 3 is 1.12 bits per heavy atom. The van der Waals surface area contributed by atoms with E-state index in [1.54, 1.807) is 0 Å². The zero-order valence-electron chi connectivity index (χ0n) is 8.39. The van der Waals surface area contributed by atoms with E-state index in [9.17, 15) is 4.79 Å². The van der Waals surface area contributed by atoms with E-state index in [4.69, 9.17) is 23.3 Å². The summed E-state index contributed by atoms with van der Waals surface area (Å²) in [5.41, 5.74) is 0. The van der Waals surface area contributed by atoms with Crippen molar-refractivity contribution in [3.8, 4) is 0 Å². The number of ether oxygens (including phenoxy) is 1. The van der Waals surface area contributed by atoms with Crippen molar-refractivity contribution in [1.82, 2.24) is 0 Å². The summed E-state index contributed by atoms with van der Waals surface area (Å²) in [4.78, 5) is 9.78. The van der Waals surface area contributed by atoms with Crippen molar-refractivity contribution in [3.05, 3.63) is 45.9 Å². The van der Waals surface area contributed by atoms with E-state index < -0.39 is 5.97 Å². The van der Waals surface area contributed by atoms with Crippen LogP contribution in [-0.4, -0.2) is 13.1 Å². The van der Waals surface area contributed by atoms with E-state index in [-0.39, 0.29) is 20.4 Å². The number of carbonyl (C=O) groups excluding carboxylic acids is 1. The maximum absolute atomic E-state index is 9.78. The van der Waals surface area contributed by atoms with Gasteiger partial charge in [0.1, 0.15) is 0 Å². The van der Waals surface area contributed by atoms with Crippen LogP contribution in [0.25, 0.3) is 0 Å². The molecule has 0 amide bonds. The van der Waals surface area contributed by atoms with Crippen LogP contribution in [0.15, 0.2) is 6.08 Å². The molecule has 1 radical (unpaired) electrons. The topological polar surface area (TPSA) is 126 Å². The molecule has 0 rings (SSSR count). The van der Waals surface area contributed by atoms with Gasteiger partial charge in [-0.25, -0.2) is 0 Å². The molecule has 0 saturated carbocycles. The number of methoxy groups -OCH3 is 1. The first-order chi connectivity index (χ1) is 7.81. The Kier molecular flexibility index (Phi) is 557.